The van der Waals surface area contributed by atoms with Crippen LogP contribution in [0, 0.1) is 20.8 Å². The molecule has 0 bridgehead atoms. The van der Waals surface area contributed by atoms with Gasteiger partial charge in [-0.1, -0.05) is 23.7 Å². The summed E-state index contributed by atoms with van der Waals surface area (Å²) in [5.41, 5.74) is 4.65. The summed E-state index contributed by atoms with van der Waals surface area (Å²) in [7, 11) is 0. The van der Waals surface area contributed by atoms with Gasteiger partial charge in [0, 0.05) is 28.8 Å². The molecular formula is C28H25ClN2O5. The van der Waals surface area contributed by atoms with Gasteiger partial charge < -0.3 is 20.1 Å². The van der Waals surface area contributed by atoms with E-state index < -0.39 is 11.9 Å². The van der Waals surface area contributed by atoms with E-state index in [4.69, 9.17) is 21.1 Å². The molecule has 0 aliphatic carbocycles. The average molecular weight is 505 g/mol. The minimum absolute atomic E-state index is 0.0601. The number of amides is 2. The smallest absolute Gasteiger partial charge is 0.308 e. The van der Waals surface area contributed by atoms with Crippen molar-refractivity contribution in [3.8, 4) is 11.5 Å². The number of para-hydroxylation sites is 1. The lowest BCUT2D eigenvalue weighted by atomic mass is 9.94. The molecule has 36 heavy (non-hydrogen) atoms. The number of hydrogen-bond donors (Lipinski definition) is 2. The molecule has 3 aromatic carbocycles. The van der Waals surface area contributed by atoms with Gasteiger partial charge >= 0.3 is 5.97 Å². The predicted molar refractivity (Wildman–Crippen MR) is 140 cm³/mol. The zero-order chi connectivity index (χ0) is 26.0. The van der Waals surface area contributed by atoms with Crippen molar-refractivity contribution in [2.24, 2.45) is 0 Å². The van der Waals surface area contributed by atoms with Crippen LogP contribution in [0.15, 0.2) is 54.1 Å². The van der Waals surface area contributed by atoms with Crippen LogP contribution in [0.25, 0.3) is 6.08 Å². The molecule has 0 saturated carbocycles. The summed E-state index contributed by atoms with van der Waals surface area (Å²) >= 11 is 5.91. The number of anilines is 2. The zero-order valence-electron chi connectivity index (χ0n) is 20.3. The van der Waals surface area contributed by atoms with E-state index in [1.54, 1.807) is 54.6 Å². The first-order valence-electron chi connectivity index (χ1n) is 11.3. The summed E-state index contributed by atoms with van der Waals surface area (Å²) in [6.45, 7) is 6.97. The second-order valence-corrected chi connectivity index (χ2v) is 8.90. The molecule has 0 atom stereocenters. The van der Waals surface area contributed by atoms with Crippen LogP contribution in [0.2, 0.25) is 5.02 Å². The van der Waals surface area contributed by atoms with Crippen LogP contribution in [0.3, 0.4) is 0 Å². The van der Waals surface area contributed by atoms with Crippen molar-refractivity contribution in [3.05, 3.63) is 86.9 Å². The lowest BCUT2D eigenvalue weighted by Crippen LogP contribution is -2.24. The van der Waals surface area contributed by atoms with Crippen LogP contribution in [-0.4, -0.2) is 24.4 Å². The van der Waals surface area contributed by atoms with Gasteiger partial charge in [-0.25, -0.2) is 0 Å². The Hall–Kier alpha value is -4.10. The molecule has 7 nitrogen and oxygen atoms in total. The molecule has 0 saturated heterocycles. The summed E-state index contributed by atoms with van der Waals surface area (Å²) in [5, 5.41) is 6.19. The van der Waals surface area contributed by atoms with Crippen molar-refractivity contribution < 1.29 is 23.9 Å². The molecule has 2 amide bonds. The van der Waals surface area contributed by atoms with Gasteiger partial charge in [-0.3, -0.25) is 14.4 Å². The number of rotatable bonds is 5. The van der Waals surface area contributed by atoms with E-state index in [1.807, 2.05) is 20.8 Å². The van der Waals surface area contributed by atoms with Crippen LogP contribution in [-0.2, 0) is 9.59 Å². The van der Waals surface area contributed by atoms with E-state index in [9.17, 15) is 14.4 Å². The molecule has 2 N–H and O–H groups in total. The first kappa shape index (κ1) is 25.0. The fourth-order valence-corrected chi connectivity index (χ4v) is 4.12. The van der Waals surface area contributed by atoms with Gasteiger partial charge in [0.25, 0.3) is 11.8 Å². The number of esters is 1. The lowest BCUT2D eigenvalue weighted by molar-refractivity contribution is -0.132. The third kappa shape index (κ3) is 5.11. The molecule has 0 fully saturated rings. The molecule has 0 spiro atoms. The normalized spacial score (nSPS) is 12.1. The first-order chi connectivity index (χ1) is 17.2. The van der Waals surface area contributed by atoms with Gasteiger partial charge in [-0.05, 0) is 74.4 Å². The Labute approximate surface area is 214 Å². The van der Waals surface area contributed by atoms with E-state index in [1.165, 1.54) is 6.92 Å². The number of fused-ring (bicyclic) bond motifs is 1. The highest BCUT2D eigenvalue weighted by molar-refractivity contribution is 6.30. The second kappa shape index (κ2) is 10.3. The van der Waals surface area contributed by atoms with Gasteiger partial charge in [-0.15, -0.1) is 0 Å². The van der Waals surface area contributed by atoms with Crippen molar-refractivity contribution in [1.82, 2.24) is 0 Å². The zero-order valence-corrected chi connectivity index (χ0v) is 21.1. The van der Waals surface area contributed by atoms with Crippen molar-refractivity contribution in [2.75, 3.05) is 17.2 Å². The molecule has 1 aliphatic rings. The van der Waals surface area contributed by atoms with Crippen LogP contribution < -0.4 is 20.1 Å². The number of nitrogens with one attached hydrogen (secondary N) is 2. The van der Waals surface area contributed by atoms with Crippen LogP contribution in [0.5, 0.6) is 11.5 Å². The minimum atomic E-state index is -0.423. The molecule has 0 unspecified atom stereocenters. The summed E-state index contributed by atoms with van der Waals surface area (Å²) in [6, 6.07) is 13.5. The first-order valence-corrected chi connectivity index (χ1v) is 11.7. The highest BCUT2D eigenvalue weighted by Gasteiger charge is 2.25. The Bertz CT molecular complexity index is 1410. The van der Waals surface area contributed by atoms with Gasteiger partial charge in [0.1, 0.15) is 18.1 Å². The average Bonchev–Trinajstić information content (AvgIpc) is 2.86. The van der Waals surface area contributed by atoms with Crippen molar-refractivity contribution >= 4 is 46.8 Å². The van der Waals surface area contributed by atoms with Gasteiger partial charge in [-0.2, -0.15) is 0 Å². The monoisotopic (exact) mass is 504 g/mol. The molecule has 1 aliphatic heterocycles. The van der Waals surface area contributed by atoms with E-state index in [0.29, 0.717) is 50.2 Å². The van der Waals surface area contributed by atoms with E-state index in [0.717, 1.165) is 11.1 Å². The van der Waals surface area contributed by atoms with Crippen molar-refractivity contribution in [2.45, 2.75) is 27.7 Å². The molecule has 4 rings (SSSR count). The Morgan fingerprint density at radius 3 is 2.28 bits per heavy atom. The summed E-state index contributed by atoms with van der Waals surface area (Å²) in [6.07, 6.45) is 1.74. The fraction of sp³-hybridized carbons (Fsp3) is 0.179. The molecule has 8 heteroatoms. The molecule has 0 radical (unpaired) electrons. The van der Waals surface area contributed by atoms with Crippen molar-refractivity contribution in [1.29, 1.82) is 0 Å². The standard InChI is InChI=1S/C28H25ClN2O5/c1-15-16(2)26-23(17(3)25(15)36-18(4)32)13-19(14-35-26)27(33)31-24-8-6-5-7-22(24)28(34)30-21-11-9-20(29)10-12-21/h5-13H,14H2,1-4H3,(H,30,34)(H,31,33). The van der Waals surface area contributed by atoms with Crippen molar-refractivity contribution in [3.63, 3.8) is 0 Å². The Balaban J connectivity index is 1.60. The second-order valence-electron chi connectivity index (χ2n) is 8.46. The lowest BCUT2D eigenvalue weighted by Gasteiger charge is -2.24. The van der Waals surface area contributed by atoms with Gasteiger partial charge in [0.05, 0.1) is 16.8 Å². The van der Waals surface area contributed by atoms with Crippen LogP contribution in [0.4, 0.5) is 11.4 Å². The van der Waals surface area contributed by atoms with E-state index >= 15 is 0 Å². The third-order valence-corrected chi connectivity index (χ3v) is 6.23. The predicted octanol–water partition coefficient (Wildman–Crippen LogP) is 5.86. The minimum Gasteiger partial charge on any atom is -0.488 e. The highest BCUT2D eigenvalue weighted by Crippen LogP contribution is 2.41. The Morgan fingerprint density at radius 2 is 1.58 bits per heavy atom. The highest BCUT2D eigenvalue weighted by atomic mass is 35.5. The summed E-state index contributed by atoms with van der Waals surface area (Å²) < 4.78 is 11.4. The maximum Gasteiger partial charge on any atom is 0.308 e. The van der Waals surface area contributed by atoms with Crippen LogP contribution in [0.1, 0.15) is 39.5 Å². The number of benzene rings is 3. The van der Waals surface area contributed by atoms with Gasteiger partial charge in [0.2, 0.25) is 0 Å². The molecule has 3 aromatic rings. The van der Waals surface area contributed by atoms with Crippen LogP contribution >= 0.6 is 11.6 Å². The van der Waals surface area contributed by atoms with E-state index in [2.05, 4.69) is 10.6 Å². The molecule has 0 aromatic heterocycles. The number of hydrogen-bond acceptors (Lipinski definition) is 5. The Morgan fingerprint density at radius 1 is 0.889 bits per heavy atom. The number of halogens is 1. The molecular weight excluding hydrogens is 480 g/mol. The number of ether oxygens (including phenoxy) is 2. The SMILES string of the molecule is CC(=O)Oc1c(C)c(C)c2c(c1C)C=C(C(=O)Nc1ccccc1C(=O)Nc1ccc(Cl)cc1)CO2. The number of carbonyl (C=O) groups is 3. The molecule has 1 heterocycles. The quantitative estimate of drug-likeness (QED) is 0.335. The third-order valence-electron chi connectivity index (χ3n) is 5.98. The van der Waals surface area contributed by atoms with Gasteiger partial charge in [0.15, 0.2) is 0 Å². The topological polar surface area (TPSA) is 93.7 Å². The Kier molecular flexibility index (Phi) is 7.12. The largest absolute Gasteiger partial charge is 0.488 e. The summed E-state index contributed by atoms with van der Waals surface area (Å²) in [5.74, 6) is -0.0863. The molecule has 184 valence electrons. The maximum absolute atomic E-state index is 13.2. The fourth-order valence-electron chi connectivity index (χ4n) is 3.99. The maximum atomic E-state index is 13.2. The van der Waals surface area contributed by atoms with E-state index in [-0.39, 0.29) is 12.5 Å². The summed E-state index contributed by atoms with van der Waals surface area (Å²) in [4.78, 5) is 37.7. The number of carbonyl (C=O) groups excluding carboxylic acids is 3.